The van der Waals surface area contributed by atoms with Gasteiger partial charge in [-0.2, -0.15) is 0 Å². The molecule has 0 saturated carbocycles. The van der Waals surface area contributed by atoms with Crippen LogP contribution in [-0.2, 0) is 9.84 Å². The Labute approximate surface area is 225 Å². The molecule has 0 bridgehead atoms. The number of piperidine rings is 2. The first kappa shape index (κ1) is 26.4. The number of likely N-dealkylation sites (tertiary alicyclic amines) is 1. The number of sulfone groups is 1. The highest BCUT2D eigenvalue weighted by Crippen LogP contribution is 2.38. The number of pyridine rings is 1. The van der Waals surface area contributed by atoms with E-state index in [0.29, 0.717) is 33.9 Å². The molecule has 1 aromatic heterocycles. The number of aromatic nitrogens is 1. The Morgan fingerprint density at radius 2 is 1.66 bits per heavy atom. The van der Waals surface area contributed by atoms with Crippen LogP contribution < -0.4 is 9.64 Å². The van der Waals surface area contributed by atoms with Gasteiger partial charge in [-0.1, -0.05) is 6.42 Å². The highest BCUT2D eigenvalue weighted by Gasteiger charge is 2.31. The van der Waals surface area contributed by atoms with Gasteiger partial charge in [0.25, 0.3) is 5.91 Å². The van der Waals surface area contributed by atoms with Crippen molar-refractivity contribution in [2.24, 2.45) is 0 Å². The average Bonchev–Trinajstić information content (AvgIpc) is 2.96. The fourth-order valence-corrected chi connectivity index (χ4v) is 7.13. The van der Waals surface area contributed by atoms with Crippen LogP contribution in [-0.4, -0.2) is 82.5 Å². The smallest absolute Gasteiger partial charge is 0.253 e. The van der Waals surface area contributed by atoms with Crippen molar-refractivity contribution in [3.05, 3.63) is 54.2 Å². The molecule has 2 aliphatic rings. The Balaban J connectivity index is 1.59. The Hall–Kier alpha value is -3.17. The Morgan fingerprint density at radius 3 is 2.29 bits per heavy atom. The van der Waals surface area contributed by atoms with Crippen molar-refractivity contribution in [2.45, 2.75) is 47.9 Å². The zero-order valence-corrected chi connectivity index (χ0v) is 23.2. The largest absolute Gasteiger partial charge is 0.497 e. The molecule has 5 rings (SSSR count). The van der Waals surface area contributed by atoms with Crippen molar-refractivity contribution in [3.8, 4) is 5.75 Å². The van der Waals surface area contributed by atoms with Gasteiger partial charge in [0.15, 0.2) is 0 Å². The van der Waals surface area contributed by atoms with Crippen molar-refractivity contribution >= 4 is 32.3 Å². The summed E-state index contributed by atoms with van der Waals surface area (Å²) < 4.78 is 33.2. The SMILES string of the molecule is COc1ccc(S(=O)(=O)c2cnc3ccc(C(=O)N(C)C)cc3c2N2CCC(N3CCCCC3)CC2)cc1. The van der Waals surface area contributed by atoms with Crippen molar-refractivity contribution in [3.63, 3.8) is 0 Å². The fourth-order valence-electron chi connectivity index (χ4n) is 5.69. The first-order valence-corrected chi connectivity index (χ1v) is 14.8. The first-order valence-electron chi connectivity index (χ1n) is 13.3. The standard InChI is InChI=1S/C29H36N4O4S/c1-31(2)29(34)21-7-12-26-25(19-21)28(33-17-13-22(14-18-33)32-15-5-4-6-16-32)27(20-30-26)38(35,36)24-10-8-23(37-3)9-11-24/h7-12,19-20,22H,4-6,13-18H2,1-3H3. The number of fused-ring (bicyclic) bond motifs is 1. The normalized spacial score (nSPS) is 17.5. The first-order chi connectivity index (χ1) is 18.3. The number of rotatable bonds is 6. The van der Waals surface area contributed by atoms with E-state index < -0.39 is 9.84 Å². The summed E-state index contributed by atoms with van der Waals surface area (Å²) >= 11 is 0. The molecule has 2 aromatic carbocycles. The summed E-state index contributed by atoms with van der Waals surface area (Å²) in [6.07, 6.45) is 7.23. The monoisotopic (exact) mass is 536 g/mol. The number of hydrogen-bond donors (Lipinski definition) is 0. The lowest BCUT2D eigenvalue weighted by molar-refractivity contribution is 0.0827. The van der Waals surface area contributed by atoms with E-state index >= 15 is 0 Å². The number of amides is 1. The lowest BCUT2D eigenvalue weighted by atomic mass is 9.98. The molecule has 9 heteroatoms. The number of ether oxygens (including phenoxy) is 1. The van der Waals surface area contributed by atoms with Crippen LogP contribution in [0.1, 0.15) is 42.5 Å². The third-order valence-electron chi connectivity index (χ3n) is 7.81. The number of hydrogen-bond acceptors (Lipinski definition) is 7. The molecule has 202 valence electrons. The molecular weight excluding hydrogens is 500 g/mol. The van der Waals surface area contributed by atoms with Crippen molar-refractivity contribution in [2.75, 3.05) is 52.3 Å². The van der Waals surface area contributed by atoms with E-state index in [1.165, 1.54) is 30.4 Å². The van der Waals surface area contributed by atoms with Crippen molar-refractivity contribution in [1.82, 2.24) is 14.8 Å². The predicted molar refractivity (Wildman–Crippen MR) is 149 cm³/mol. The second-order valence-corrected chi connectivity index (χ2v) is 12.3. The number of anilines is 1. The van der Waals surface area contributed by atoms with E-state index in [0.717, 1.165) is 39.0 Å². The lowest BCUT2D eigenvalue weighted by Gasteiger charge is -2.41. The van der Waals surface area contributed by atoms with Gasteiger partial charge in [-0.05, 0) is 81.2 Å². The van der Waals surface area contributed by atoms with Gasteiger partial charge in [0.2, 0.25) is 9.84 Å². The molecule has 8 nitrogen and oxygen atoms in total. The Bertz CT molecular complexity index is 1410. The second-order valence-electron chi connectivity index (χ2n) is 10.4. The number of nitrogens with zero attached hydrogens (tertiary/aromatic N) is 4. The van der Waals surface area contributed by atoms with Gasteiger partial charge in [0.1, 0.15) is 10.6 Å². The summed E-state index contributed by atoms with van der Waals surface area (Å²) in [6.45, 7) is 3.79. The summed E-state index contributed by atoms with van der Waals surface area (Å²) in [5.74, 6) is 0.456. The molecule has 0 N–H and O–H groups in total. The molecule has 3 heterocycles. The average molecular weight is 537 g/mol. The summed E-state index contributed by atoms with van der Waals surface area (Å²) in [6, 6.07) is 12.3. The molecule has 1 amide bonds. The number of carbonyl (C=O) groups is 1. The molecule has 38 heavy (non-hydrogen) atoms. The van der Waals surface area contributed by atoms with Gasteiger partial charge >= 0.3 is 0 Å². The topological polar surface area (TPSA) is 83.0 Å². The molecule has 0 radical (unpaired) electrons. The predicted octanol–water partition coefficient (Wildman–Crippen LogP) is 4.23. The lowest BCUT2D eigenvalue weighted by Crippen LogP contribution is -2.47. The number of methoxy groups -OCH3 is 1. The maximum atomic E-state index is 14.0. The summed E-state index contributed by atoms with van der Waals surface area (Å²) in [5, 5.41) is 0.684. The summed E-state index contributed by atoms with van der Waals surface area (Å²) in [7, 11) is 1.09. The summed E-state index contributed by atoms with van der Waals surface area (Å²) in [4.78, 5) is 24.0. The van der Waals surface area contributed by atoms with Crippen LogP contribution in [0.4, 0.5) is 5.69 Å². The van der Waals surface area contributed by atoms with E-state index in [1.807, 2.05) is 0 Å². The van der Waals surface area contributed by atoms with Gasteiger partial charge < -0.3 is 19.4 Å². The molecule has 0 spiro atoms. The maximum absolute atomic E-state index is 14.0. The van der Waals surface area contributed by atoms with E-state index in [1.54, 1.807) is 63.7 Å². The second kappa shape index (κ2) is 10.9. The molecule has 2 saturated heterocycles. The van der Waals surface area contributed by atoms with Gasteiger partial charge in [-0.3, -0.25) is 9.78 Å². The van der Waals surface area contributed by atoms with E-state index in [2.05, 4.69) is 14.8 Å². The van der Waals surface area contributed by atoms with Crippen LogP contribution in [0.2, 0.25) is 0 Å². The fraction of sp³-hybridized carbons (Fsp3) is 0.448. The van der Waals surface area contributed by atoms with Crippen LogP contribution in [0.25, 0.3) is 10.9 Å². The van der Waals surface area contributed by atoms with Gasteiger partial charge in [-0.15, -0.1) is 0 Å². The zero-order valence-electron chi connectivity index (χ0n) is 22.4. The van der Waals surface area contributed by atoms with Crippen LogP contribution in [0, 0.1) is 0 Å². The molecular formula is C29H36N4O4S. The number of carbonyl (C=O) groups excluding carboxylic acids is 1. The van der Waals surface area contributed by atoms with Gasteiger partial charge in [0, 0.05) is 50.4 Å². The van der Waals surface area contributed by atoms with Crippen LogP contribution >= 0.6 is 0 Å². The van der Waals surface area contributed by atoms with Gasteiger partial charge in [-0.25, -0.2) is 8.42 Å². The Morgan fingerprint density at radius 1 is 0.974 bits per heavy atom. The van der Waals surface area contributed by atoms with Crippen LogP contribution in [0.5, 0.6) is 5.75 Å². The molecule has 0 atom stereocenters. The number of benzene rings is 2. The van der Waals surface area contributed by atoms with Crippen molar-refractivity contribution in [1.29, 1.82) is 0 Å². The molecule has 0 unspecified atom stereocenters. The molecule has 2 aliphatic heterocycles. The molecule has 3 aromatic rings. The van der Waals surface area contributed by atoms with Crippen molar-refractivity contribution < 1.29 is 17.9 Å². The minimum absolute atomic E-state index is 0.134. The zero-order chi connectivity index (χ0) is 26.9. The minimum Gasteiger partial charge on any atom is -0.497 e. The van der Waals surface area contributed by atoms with E-state index in [-0.39, 0.29) is 15.7 Å². The van der Waals surface area contributed by atoms with E-state index in [9.17, 15) is 13.2 Å². The van der Waals surface area contributed by atoms with E-state index in [4.69, 9.17) is 4.74 Å². The van der Waals surface area contributed by atoms with Crippen LogP contribution in [0.15, 0.2) is 58.5 Å². The third kappa shape index (κ3) is 5.09. The maximum Gasteiger partial charge on any atom is 0.253 e. The highest BCUT2D eigenvalue weighted by atomic mass is 32.2. The third-order valence-corrected chi connectivity index (χ3v) is 9.58. The summed E-state index contributed by atoms with van der Waals surface area (Å²) in [5.41, 5.74) is 1.81. The van der Waals surface area contributed by atoms with Gasteiger partial charge in [0.05, 0.1) is 23.2 Å². The minimum atomic E-state index is -3.88. The Kier molecular flexibility index (Phi) is 7.59. The quantitative estimate of drug-likeness (QED) is 0.466. The highest BCUT2D eigenvalue weighted by molar-refractivity contribution is 7.91. The molecule has 0 aliphatic carbocycles. The molecule has 2 fully saturated rings. The van der Waals surface area contributed by atoms with Crippen LogP contribution in [0.3, 0.4) is 0 Å².